The maximum atomic E-state index is 11.1. The van der Waals surface area contributed by atoms with Gasteiger partial charge in [-0.3, -0.25) is 4.79 Å². The first-order valence-corrected chi connectivity index (χ1v) is 5.08. The minimum Gasteiger partial charge on any atom is -0.477 e. The highest BCUT2D eigenvalue weighted by molar-refractivity contribution is 5.97. The topological polar surface area (TPSA) is 68.5 Å². The van der Waals surface area contributed by atoms with E-state index in [0.717, 1.165) is 0 Å². The minimum absolute atomic E-state index is 0.116. The van der Waals surface area contributed by atoms with E-state index < -0.39 is 5.97 Å². The Labute approximate surface area is 93.6 Å². The van der Waals surface area contributed by atoms with Crippen molar-refractivity contribution in [2.45, 2.75) is 20.4 Å². The molecule has 0 atom stereocenters. The van der Waals surface area contributed by atoms with Crippen molar-refractivity contribution in [2.75, 3.05) is 13.2 Å². The van der Waals surface area contributed by atoms with Gasteiger partial charge in [0, 0.05) is 24.9 Å². The zero-order valence-electron chi connectivity index (χ0n) is 9.40. The van der Waals surface area contributed by atoms with Crippen LogP contribution in [0.1, 0.15) is 34.7 Å². The molecular formula is C11H15NO4. The molecule has 5 nitrogen and oxygen atoms in total. The van der Waals surface area contributed by atoms with Gasteiger partial charge in [0.2, 0.25) is 0 Å². The van der Waals surface area contributed by atoms with E-state index in [2.05, 4.69) is 0 Å². The van der Waals surface area contributed by atoms with Crippen LogP contribution in [0.3, 0.4) is 0 Å². The number of aromatic nitrogens is 1. The Morgan fingerprint density at radius 2 is 2.19 bits per heavy atom. The fraction of sp³-hybridized carbons (Fsp3) is 0.455. The van der Waals surface area contributed by atoms with E-state index >= 15 is 0 Å². The molecule has 0 fully saturated rings. The molecule has 0 aromatic carbocycles. The molecule has 0 aliphatic rings. The lowest BCUT2D eigenvalue weighted by Gasteiger charge is -2.05. The second kappa shape index (κ2) is 5.46. The number of carboxylic acids is 1. The lowest BCUT2D eigenvalue weighted by atomic mass is 10.2. The Kier molecular flexibility index (Phi) is 4.25. The summed E-state index contributed by atoms with van der Waals surface area (Å²) in [6, 6.07) is 1.39. The zero-order chi connectivity index (χ0) is 12.1. The Morgan fingerprint density at radius 3 is 2.69 bits per heavy atom. The van der Waals surface area contributed by atoms with Crippen molar-refractivity contribution in [1.29, 1.82) is 0 Å². The first-order chi connectivity index (χ1) is 7.56. The van der Waals surface area contributed by atoms with E-state index in [1.165, 1.54) is 17.6 Å². The summed E-state index contributed by atoms with van der Waals surface area (Å²) >= 11 is 0. The van der Waals surface area contributed by atoms with Crippen LogP contribution in [0.5, 0.6) is 0 Å². The molecule has 0 radical (unpaired) electrons. The molecular weight excluding hydrogens is 210 g/mol. The largest absolute Gasteiger partial charge is 0.477 e. The fourth-order valence-electron chi connectivity index (χ4n) is 1.37. The van der Waals surface area contributed by atoms with Crippen molar-refractivity contribution >= 4 is 11.8 Å². The van der Waals surface area contributed by atoms with Gasteiger partial charge in [-0.15, -0.1) is 0 Å². The summed E-state index contributed by atoms with van der Waals surface area (Å²) in [6.45, 7) is 4.73. The number of hydrogen-bond acceptors (Lipinski definition) is 3. The van der Waals surface area contributed by atoms with Crippen LogP contribution >= 0.6 is 0 Å². The molecule has 0 aliphatic heterocycles. The van der Waals surface area contributed by atoms with Gasteiger partial charge in [0.05, 0.1) is 6.61 Å². The SMILES string of the molecule is CCOCCn1cc(C(C)=O)cc1C(=O)O. The summed E-state index contributed by atoms with van der Waals surface area (Å²) in [5, 5.41) is 8.94. The molecule has 0 amide bonds. The van der Waals surface area contributed by atoms with Crippen molar-refractivity contribution in [1.82, 2.24) is 4.57 Å². The molecule has 0 spiro atoms. The third-order valence-corrected chi connectivity index (χ3v) is 2.20. The Morgan fingerprint density at radius 1 is 1.50 bits per heavy atom. The van der Waals surface area contributed by atoms with E-state index in [4.69, 9.17) is 9.84 Å². The van der Waals surface area contributed by atoms with Crippen LogP contribution in [0.2, 0.25) is 0 Å². The highest BCUT2D eigenvalue weighted by Gasteiger charge is 2.14. The molecule has 0 saturated heterocycles. The van der Waals surface area contributed by atoms with Gasteiger partial charge in [-0.25, -0.2) is 4.79 Å². The molecule has 16 heavy (non-hydrogen) atoms. The Hall–Kier alpha value is -1.62. The highest BCUT2D eigenvalue weighted by atomic mass is 16.5. The number of carboxylic acid groups (broad SMARTS) is 1. The monoisotopic (exact) mass is 225 g/mol. The predicted octanol–water partition coefficient (Wildman–Crippen LogP) is 1.43. The molecule has 5 heteroatoms. The molecule has 1 aromatic rings. The van der Waals surface area contributed by atoms with Crippen molar-refractivity contribution in [2.24, 2.45) is 0 Å². The molecule has 0 bridgehead atoms. The Balaban J connectivity index is 2.87. The summed E-state index contributed by atoms with van der Waals surface area (Å²) in [5.41, 5.74) is 0.527. The van der Waals surface area contributed by atoms with E-state index in [1.54, 1.807) is 6.20 Å². The maximum absolute atomic E-state index is 11.1. The van der Waals surface area contributed by atoms with E-state index in [9.17, 15) is 9.59 Å². The van der Waals surface area contributed by atoms with Gasteiger partial charge in [0.1, 0.15) is 5.69 Å². The van der Waals surface area contributed by atoms with E-state index in [1.807, 2.05) is 6.92 Å². The van der Waals surface area contributed by atoms with Gasteiger partial charge in [-0.2, -0.15) is 0 Å². The standard InChI is InChI=1S/C11H15NO4/c1-3-16-5-4-12-7-9(8(2)13)6-10(12)11(14)15/h6-7H,3-5H2,1-2H3,(H,14,15). The summed E-state index contributed by atoms with van der Waals surface area (Å²) in [7, 11) is 0. The number of Topliss-reactive ketones (excluding diaryl/α,β-unsaturated/α-hetero) is 1. The minimum atomic E-state index is -1.04. The Bertz CT molecular complexity index is 395. The summed E-state index contributed by atoms with van der Waals surface area (Å²) in [5.74, 6) is -1.18. The first kappa shape index (κ1) is 12.4. The number of rotatable bonds is 6. The van der Waals surface area contributed by atoms with Crippen LogP contribution in [0, 0.1) is 0 Å². The number of carbonyl (C=O) groups excluding carboxylic acids is 1. The summed E-state index contributed by atoms with van der Waals surface area (Å²) < 4.78 is 6.67. The van der Waals surface area contributed by atoms with Crippen LogP contribution in [0.4, 0.5) is 0 Å². The van der Waals surface area contributed by atoms with Gasteiger partial charge in [0.15, 0.2) is 5.78 Å². The molecule has 1 heterocycles. The van der Waals surface area contributed by atoms with Gasteiger partial charge in [-0.1, -0.05) is 0 Å². The van der Waals surface area contributed by atoms with Crippen molar-refractivity contribution < 1.29 is 19.4 Å². The third-order valence-electron chi connectivity index (χ3n) is 2.20. The number of nitrogens with zero attached hydrogens (tertiary/aromatic N) is 1. The number of hydrogen-bond donors (Lipinski definition) is 1. The molecule has 1 N–H and O–H groups in total. The third kappa shape index (κ3) is 2.93. The van der Waals surface area contributed by atoms with Crippen molar-refractivity contribution in [3.8, 4) is 0 Å². The molecule has 0 unspecified atom stereocenters. The van der Waals surface area contributed by atoms with Crippen molar-refractivity contribution in [3.63, 3.8) is 0 Å². The molecule has 1 rings (SSSR count). The number of aromatic carboxylic acids is 1. The number of ketones is 1. The average Bonchev–Trinajstić information content (AvgIpc) is 2.62. The van der Waals surface area contributed by atoms with Crippen LogP contribution in [0.25, 0.3) is 0 Å². The molecule has 0 saturated carbocycles. The highest BCUT2D eigenvalue weighted by Crippen LogP contribution is 2.09. The predicted molar refractivity (Wildman–Crippen MR) is 57.9 cm³/mol. The molecule has 1 aromatic heterocycles. The molecule has 88 valence electrons. The summed E-state index contributed by atoms with van der Waals surface area (Å²) in [4.78, 5) is 22.0. The van der Waals surface area contributed by atoms with Crippen molar-refractivity contribution in [3.05, 3.63) is 23.5 Å². The van der Waals surface area contributed by atoms with Gasteiger partial charge >= 0.3 is 5.97 Å². The van der Waals surface area contributed by atoms with Crippen LogP contribution in [-0.2, 0) is 11.3 Å². The van der Waals surface area contributed by atoms with Crippen LogP contribution in [-0.4, -0.2) is 34.6 Å². The number of ether oxygens (including phenoxy) is 1. The summed E-state index contributed by atoms with van der Waals surface area (Å²) in [6.07, 6.45) is 1.55. The average molecular weight is 225 g/mol. The lowest BCUT2D eigenvalue weighted by molar-refractivity contribution is 0.0681. The van der Waals surface area contributed by atoms with Crippen LogP contribution in [0.15, 0.2) is 12.3 Å². The van der Waals surface area contributed by atoms with Gasteiger partial charge < -0.3 is 14.4 Å². The molecule has 0 aliphatic carbocycles. The lowest BCUT2D eigenvalue weighted by Crippen LogP contribution is -2.11. The quantitative estimate of drug-likeness (QED) is 0.587. The fourth-order valence-corrected chi connectivity index (χ4v) is 1.37. The van der Waals surface area contributed by atoms with Crippen LogP contribution < -0.4 is 0 Å². The second-order valence-electron chi connectivity index (χ2n) is 3.37. The zero-order valence-corrected chi connectivity index (χ0v) is 9.40. The first-order valence-electron chi connectivity index (χ1n) is 5.08. The smallest absolute Gasteiger partial charge is 0.352 e. The number of carbonyl (C=O) groups is 2. The van der Waals surface area contributed by atoms with Gasteiger partial charge in [0.25, 0.3) is 0 Å². The van der Waals surface area contributed by atoms with Gasteiger partial charge in [-0.05, 0) is 19.9 Å². The maximum Gasteiger partial charge on any atom is 0.352 e. The van der Waals surface area contributed by atoms with E-state index in [-0.39, 0.29) is 11.5 Å². The second-order valence-corrected chi connectivity index (χ2v) is 3.37. The normalized spacial score (nSPS) is 10.4. The van der Waals surface area contributed by atoms with E-state index in [0.29, 0.717) is 25.3 Å².